The summed E-state index contributed by atoms with van der Waals surface area (Å²) in [5, 5.41) is 9.62. The molecule has 0 aliphatic heterocycles. The molecule has 36 heavy (non-hydrogen) atoms. The van der Waals surface area contributed by atoms with Crippen molar-refractivity contribution in [2.24, 2.45) is 0 Å². The maximum atomic E-state index is 9.03. The van der Waals surface area contributed by atoms with Crippen molar-refractivity contribution in [3.63, 3.8) is 0 Å². The summed E-state index contributed by atoms with van der Waals surface area (Å²) in [5.41, 5.74) is 9.32. The number of rotatable bonds is 4. The lowest BCUT2D eigenvalue weighted by atomic mass is 9.99. The van der Waals surface area contributed by atoms with Crippen LogP contribution in [0, 0.1) is 11.3 Å². The molecule has 0 saturated heterocycles. The molecule has 3 nitrogen and oxygen atoms in total. The number of fused-ring (bicyclic) bond motifs is 1. The Kier molecular flexibility index (Phi) is 5.58. The molecule has 1 heterocycles. The van der Waals surface area contributed by atoms with E-state index in [2.05, 4.69) is 54.6 Å². The van der Waals surface area contributed by atoms with Gasteiger partial charge in [-0.05, 0) is 58.1 Å². The SMILES string of the molecule is N#Cc1ccc(-c2ccc(-c3cc(Cl)cc4oc(-c5ccc(-c6ccccc6)cc5)nc34)cc2)cc1. The molecule has 5 aromatic carbocycles. The van der Waals surface area contributed by atoms with Gasteiger partial charge in [0, 0.05) is 22.2 Å². The van der Waals surface area contributed by atoms with Crippen LogP contribution in [0.25, 0.3) is 55.9 Å². The lowest BCUT2D eigenvalue weighted by molar-refractivity contribution is 0.620. The van der Waals surface area contributed by atoms with Gasteiger partial charge in [0.1, 0.15) is 5.52 Å². The summed E-state index contributed by atoms with van der Waals surface area (Å²) >= 11 is 6.46. The molecule has 0 amide bonds. The van der Waals surface area contributed by atoms with Crippen LogP contribution in [-0.2, 0) is 0 Å². The highest BCUT2D eigenvalue weighted by atomic mass is 35.5. The number of aromatic nitrogens is 1. The molecule has 0 fully saturated rings. The average molecular weight is 483 g/mol. The smallest absolute Gasteiger partial charge is 0.227 e. The van der Waals surface area contributed by atoms with Gasteiger partial charge in [-0.1, -0.05) is 90.5 Å². The third kappa shape index (κ3) is 4.15. The van der Waals surface area contributed by atoms with Crippen molar-refractivity contribution >= 4 is 22.7 Å². The van der Waals surface area contributed by atoms with Gasteiger partial charge in [-0.15, -0.1) is 0 Å². The molecule has 170 valence electrons. The predicted molar refractivity (Wildman–Crippen MR) is 145 cm³/mol. The van der Waals surface area contributed by atoms with E-state index in [0.717, 1.165) is 38.9 Å². The van der Waals surface area contributed by atoms with Gasteiger partial charge in [-0.25, -0.2) is 4.98 Å². The van der Waals surface area contributed by atoms with Crippen molar-refractivity contribution in [2.45, 2.75) is 0 Å². The molecule has 0 atom stereocenters. The van der Waals surface area contributed by atoms with Crippen LogP contribution in [0.4, 0.5) is 0 Å². The van der Waals surface area contributed by atoms with Crippen LogP contribution >= 0.6 is 11.6 Å². The van der Waals surface area contributed by atoms with Crippen LogP contribution in [0.5, 0.6) is 0 Å². The molecule has 0 spiro atoms. The fraction of sp³-hybridized carbons (Fsp3) is 0. The van der Waals surface area contributed by atoms with Gasteiger partial charge in [0.15, 0.2) is 5.58 Å². The van der Waals surface area contributed by atoms with Crippen molar-refractivity contribution < 1.29 is 4.42 Å². The van der Waals surface area contributed by atoms with Crippen LogP contribution in [0.3, 0.4) is 0 Å². The summed E-state index contributed by atoms with van der Waals surface area (Å²) < 4.78 is 6.14. The summed E-state index contributed by atoms with van der Waals surface area (Å²) in [6, 6.07) is 40.2. The molecule has 1 aromatic heterocycles. The zero-order valence-corrected chi connectivity index (χ0v) is 19.9. The van der Waals surface area contributed by atoms with Crippen molar-refractivity contribution in [1.29, 1.82) is 5.26 Å². The van der Waals surface area contributed by atoms with Crippen LogP contribution in [0.1, 0.15) is 5.56 Å². The van der Waals surface area contributed by atoms with E-state index in [0.29, 0.717) is 22.1 Å². The fourth-order valence-electron chi connectivity index (χ4n) is 4.35. The maximum absolute atomic E-state index is 9.03. The first-order chi connectivity index (χ1) is 17.7. The van der Waals surface area contributed by atoms with E-state index in [1.807, 2.05) is 60.7 Å². The molecule has 0 aliphatic rings. The van der Waals surface area contributed by atoms with Gasteiger partial charge < -0.3 is 4.42 Å². The summed E-state index contributed by atoms with van der Waals surface area (Å²) in [6.45, 7) is 0. The standard InChI is InChI=1S/C32H19ClN2O/c33-28-18-29(26-14-10-25(11-15-26)23-8-6-21(20-34)7-9-23)31-30(19-28)36-32(35-31)27-16-12-24(13-17-27)22-4-2-1-3-5-22/h1-19H. The lowest BCUT2D eigenvalue weighted by Gasteiger charge is -2.06. The largest absolute Gasteiger partial charge is 0.436 e. The van der Waals surface area contributed by atoms with Crippen molar-refractivity contribution in [1.82, 2.24) is 4.98 Å². The van der Waals surface area contributed by atoms with Crippen molar-refractivity contribution in [3.8, 4) is 50.9 Å². The van der Waals surface area contributed by atoms with Crippen LogP contribution in [-0.4, -0.2) is 4.98 Å². The Morgan fingerprint density at radius 1 is 0.611 bits per heavy atom. The van der Waals surface area contributed by atoms with Gasteiger partial charge in [0.2, 0.25) is 5.89 Å². The Morgan fingerprint density at radius 2 is 1.14 bits per heavy atom. The molecular weight excluding hydrogens is 464 g/mol. The van der Waals surface area contributed by atoms with Gasteiger partial charge in [-0.3, -0.25) is 0 Å². The number of hydrogen-bond donors (Lipinski definition) is 0. The maximum Gasteiger partial charge on any atom is 0.227 e. The Bertz CT molecular complexity index is 1710. The van der Waals surface area contributed by atoms with Crippen LogP contribution in [0.2, 0.25) is 5.02 Å². The van der Waals surface area contributed by atoms with Crippen molar-refractivity contribution in [3.05, 3.63) is 126 Å². The number of nitrogens with zero attached hydrogens (tertiary/aromatic N) is 2. The normalized spacial score (nSPS) is 10.9. The highest BCUT2D eigenvalue weighted by molar-refractivity contribution is 6.31. The summed E-state index contributed by atoms with van der Waals surface area (Å²) in [4.78, 5) is 4.85. The Hall–Kier alpha value is -4.65. The van der Waals surface area contributed by atoms with E-state index < -0.39 is 0 Å². The topological polar surface area (TPSA) is 49.8 Å². The number of nitriles is 1. The number of benzene rings is 5. The Balaban J connectivity index is 1.35. The van der Waals surface area contributed by atoms with E-state index >= 15 is 0 Å². The molecule has 0 radical (unpaired) electrons. The molecule has 0 bridgehead atoms. The monoisotopic (exact) mass is 482 g/mol. The zero-order valence-electron chi connectivity index (χ0n) is 19.2. The molecule has 6 aromatic rings. The zero-order chi connectivity index (χ0) is 24.5. The number of hydrogen-bond acceptors (Lipinski definition) is 3. The Labute approximate surface area is 213 Å². The van der Waals surface area contributed by atoms with Crippen LogP contribution < -0.4 is 0 Å². The van der Waals surface area contributed by atoms with E-state index in [1.165, 1.54) is 5.56 Å². The molecule has 6 rings (SSSR count). The minimum atomic E-state index is 0.558. The van der Waals surface area contributed by atoms with Gasteiger partial charge in [0.05, 0.1) is 11.6 Å². The summed E-state index contributed by atoms with van der Waals surface area (Å²) in [5.74, 6) is 0.558. The third-order valence-corrected chi connectivity index (χ3v) is 6.46. The van der Waals surface area contributed by atoms with E-state index in [9.17, 15) is 0 Å². The Morgan fingerprint density at radius 3 is 1.75 bits per heavy atom. The minimum Gasteiger partial charge on any atom is -0.436 e. The minimum absolute atomic E-state index is 0.558. The number of halogens is 1. The van der Waals surface area contributed by atoms with Crippen molar-refractivity contribution in [2.75, 3.05) is 0 Å². The first-order valence-corrected chi connectivity index (χ1v) is 11.9. The molecule has 4 heteroatoms. The molecule has 0 N–H and O–H groups in total. The second-order valence-electron chi connectivity index (χ2n) is 8.53. The molecule has 0 saturated carbocycles. The van der Waals surface area contributed by atoms with E-state index in [-0.39, 0.29) is 0 Å². The van der Waals surface area contributed by atoms with Gasteiger partial charge >= 0.3 is 0 Å². The fourth-order valence-corrected chi connectivity index (χ4v) is 4.56. The van der Waals surface area contributed by atoms with Gasteiger partial charge in [0.25, 0.3) is 0 Å². The summed E-state index contributed by atoms with van der Waals surface area (Å²) in [7, 11) is 0. The predicted octanol–water partition coefficient (Wildman–Crippen LogP) is 9.02. The van der Waals surface area contributed by atoms with E-state index in [1.54, 1.807) is 6.07 Å². The van der Waals surface area contributed by atoms with E-state index in [4.69, 9.17) is 26.3 Å². The third-order valence-electron chi connectivity index (χ3n) is 6.24. The highest BCUT2D eigenvalue weighted by Gasteiger charge is 2.15. The second kappa shape index (κ2) is 9.19. The van der Waals surface area contributed by atoms with Gasteiger partial charge in [-0.2, -0.15) is 5.26 Å². The average Bonchev–Trinajstić information content (AvgIpc) is 3.37. The lowest BCUT2D eigenvalue weighted by Crippen LogP contribution is -1.84. The molecular formula is C32H19ClN2O. The summed E-state index contributed by atoms with van der Waals surface area (Å²) in [6.07, 6.45) is 0. The first kappa shape index (κ1) is 21.9. The molecule has 0 unspecified atom stereocenters. The quantitative estimate of drug-likeness (QED) is 0.252. The molecule has 0 aliphatic carbocycles. The highest BCUT2D eigenvalue weighted by Crippen LogP contribution is 2.36. The second-order valence-corrected chi connectivity index (χ2v) is 8.97. The first-order valence-electron chi connectivity index (χ1n) is 11.5. The van der Waals surface area contributed by atoms with Crippen LogP contribution in [0.15, 0.2) is 120 Å². The number of oxazole rings is 1.